The number of hydrogen-bond acceptors (Lipinski definition) is 3. The van der Waals surface area contributed by atoms with Crippen molar-refractivity contribution in [2.75, 3.05) is 32.8 Å². The quantitative estimate of drug-likeness (QED) is 0.565. The molecule has 1 atom stereocenters. The van der Waals surface area contributed by atoms with Crippen LogP contribution in [0.4, 0.5) is 4.39 Å². The Bertz CT molecular complexity index is 838. The molecule has 30 heavy (non-hydrogen) atoms. The van der Waals surface area contributed by atoms with E-state index in [-0.39, 0.29) is 17.3 Å². The minimum Gasteiger partial charge on any atom is -0.488 e. The van der Waals surface area contributed by atoms with Crippen molar-refractivity contribution in [3.05, 3.63) is 65.5 Å². The molecule has 0 bridgehead atoms. The molecule has 4 rings (SSSR count). The summed E-state index contributed by atoms with van der Waals surface area (Å²) in [6.07, 6.45) is 2.75. The molecule has 2 N–H and O–H groups in total. The molecule has 0 saturated carbocycles. The zero-order chi connectivity index (χ0) is 20.8. The molecule has 2 aliphatic rings. The fourth-order valence-electron chi connectivity index (χ4n) is 4.25. The molecule has 1 fully saturated rings. The molecule has 0 aromatic heterocycles. The molecule has 0 spiro atoms. The standard InChI is InChI=1S/C24H30FN3O2/c1-2-26-23(27-16-21-15-18-5-3-4-6-22(18)30-21)28-17-24(11-13-29-14-12-24)19-7-9-20(25)10-8-19/h3-10,21H,2,11-17H2,1H3,(H2,26,27,28). The van der Waals surface area contributed by atoms with E-state index in [1.807, 2.05) is 30.3 Å². The maximum atomic E-state index is 13.5. The molecule has 6 heteroatoms. The summed E-state index contributed by atoms with van der Waals surface area (Å²) in [6, 6.07) is 15.0. The van der Waals surface area contributed by atoms with E-state index in [4.69, 9.17) is 14.5 Å². The summed E-state index contributed by atoms with van der Waals surface area (Å²) in [5.74, 6) is 1.55. The number of halogens is 1. The number of aliphatic imine (C=N–C) groups is 1. The molecule has 0 aliphatic carbocycles. The smallest absolute Gasteiger partial charge is 0.191 e. The van der Waals surface area contributed by atoms with Crippen LogP contribution in [0.15, 0.2) is 53.5 Å². The Kier molecular flexibility index (Phi) is 6.53. The molecule has 1 saturated heterocycles. The minimum atomic E-state index is -0.211. The molecule has 160 valence electrons. The summed E-state index contributed by atoms with van der Waals surface area (Å²) >= 11 is 0. The number of benzene rings is 2. The molecular formula is C24H30FN3O2. The van der Waals surface area contributed by atoms with Gasteiger partial charge in [0, 0.05) is 31.6 Å². The second kappa shape index (κ2) is 9.47. The topological polar surface area (TPSA) is 54.9 Å². The van der Waals surface area contributed by atoms with Gasteiger partial charge >= 0.3 is 0 Å². The Morgan fingerprint density at radius 1 is 1.10 bits per heavy atom. The normalized spacial score (nSPS) is 20.3. The largest absolute Gasteiger partial charge is 0.488 e. The van der Waals surface area contributed by atoms with Crippen LogP contribution >= 0.6 is 0 Å². The van der Waals surface area contributed by atoms with Crippen LogP contribution in [0.3, 0.4) is 0 Å². The summed E-state index contributed by atoms with van der Waals surface area (Å²) < 4.78 is 25.1. The number of hydrogen-bond donors (Lipinski definition) is 2. The molecule has 2 heterocycles. The van der Waals surface area contributed by atoms with Gasteiger partial charge in [-0.1, -0.05) is 30.3 Å². The van der Waals surface area contributed by atoms with E-state index in [1.54, 1.807) is 0 Å². The van der Waals surface area contributed by atoms with Crippen LogP contribution in [0.1, 0.15) is 30.9 Å². The first-order chi connectivity index (χ1) is 14.7. The van der Waals surface area contributed by atoms with Gasteiger partial charge in [-0.3, -0.25) is 4.99 Å². The maximum absolute atomic E-state index is 13.5. The Morgan fingerprint density at radius 2 is 1.87 bits per heavy atom. The first-order valence-corrected chi connectivity index (χ1v) is 10.8. The predicted octanol–water partition coefficient (Wildman–Crippen LogP) is 3.43. The van der Waals surface area contributed by atoms with Crippen molar-refractivity contribution in [3.63, 3.8) is 0 Å². The first kappa shape index (κ1) is 20.7. The number of ether oxygens (including phenoxy) is 2. The van der Waals surface area contributed by atoms with Crippen LogP contribution in [0, 0.1) is 5.82 Å². The molecule has 2 aliphatic heterocycles. The van der Waals surface area contributed by atoms with Crippen molar-refractivity contribution < 1.29 is 13.9 Å². The van der Waals surface area contributed by atoms with E-state index in [1.165, 1.54) is 17.7 Å². The highest BCUT2D eigenvalue weighted by atomic mass is 19.1. The SMILES string of the molecule is CCNC(=NCC1(c2ccc(F)cc2)CCOCC1)NCC1Cc2ccccc2O1. The van der Waals surface area contributed by atoms with Crippen LogP contribution in [0.2, 0.25) is 0 Å². The van der Waals surface area contributed by atoms with Gasteiger partial charge in [0.1, 0.15) is 17.7 Å². The van der Waals surface area contributed by atoms with Crippen molar-refractivity contribution in [3.8, 4) is 5.75 Å². The predicted molar refractivity (Wildman–Crippen MR) is 117 cm³/mol. The Labute approximate surface area is 177 Å². The van der Waals surface area contributed by atoms with E-state index in [9.17, 15) is 4.39 Å². The summed E-state index contributed by atoms with van der Waals surface area (Å²) in [7, 11) is 0. The van der Waals surface area contributed by atoms with Crippen LogP contribution < -0.4 is 15.4 Å². The zero-order valence-electron chi connectivity index (χ0n) is 17.5. The van der Waals surface area contributed by atoms with Gasteiger partial charge < -0.3 is 20.1 Å². The third-order valence-corrected chi connectivity index (χ3v) is 6.00. The van der Waals surface area contributed by atoms with Crippen molar-refractivity contribution in [2.45, 2.75) is 37.7 Å². The minimum absolute atomic E-state index is 0.0976. The van der Waals surface area contributed by atoms with E-state index in [0.29, 0.717) is 26.3 Å². The molecular weight excluding hydrogens is 381 g/mol. The van der Waals surface area contributed by atoms with Gasteiger partial charge in [0.05, 0.1) is 13.1 Å². The lowest BCUT2D eigenvalue weighted by molar-refractivity contribution is 0.0531. The average Bonchev–Trinajstić information content (AvgIpc) is 3.20. The molecule has 0 radical (unpaired) electrons. The second-order valence-electron chi connectivity index (χ2n) is 8.03. The number of para-hydroxylation sites is 1. The van der Waals surface area contributed by atoms with Gasteiger partial charge in [-0.05, 0) is 49.1 Å². The lowest BCUT2D eigenvalue weighted by Crippen LogP contribution is -2.44. The van der Waals surface area contributed by atoms with Gasteiger partial charge in [0.2, 0.25) is 0 Å². The van der Waals surface area contributed by atoms with Gasteiger partial charge in [-0.25, -0.2) is 4.39 Å². The van der Waals surface area contributed by atoms with Crippen molar-refractivity contribution in [1.29, 1.82) is 0 Å². The van der Waals surface area contributed by atoms with Crippen molar-refractivity contribution >= 4 is 5.96 Å². The Hall–Kier alpha value is -2.60. The number of fused-ring (bicyclic) bond motifs is 1. The number of rotatable bonds is 6. The Balaban J connectivity index is 1.43. The fourth-order valence-corrected chi connectivity index (χ4v) is 4.25. The van der Waals surface area contributed by atoms with Crippen LogP contribution in [-0.2, 0) is 16.6 Å². The van der Waals surface area contributed by atoms with Crippen LogP contribution in [0.5, 0.6) is 5.75 Å². The number of nitrogens with one attached hydrogen (secondary N) is 2. The van der Waals surface area contributed by atoms with Crippen molar-refractivity contribution in [2.24, 2.45) is 4.99 Å². The van der Waals surface area contributed by atoms with Gasteiger partial charge in [-0.15, -0.1) is 0 Å². The summed E-state index contributed by atoms with van der Waals surface area (Å²) in [4.78, 5) is 4.91. The monoisotopic (exact) mass is 411 g/mol. The van der Waals surface area contributed by atoms with E-state index in [0.717, 1.165) is 43.1 Å². The molecule has 2 aromatic rings. The highest BCUT2D eigenvalue weighted by Crippen LogP contribution is 2.35. The molecule has 5 nitrogen and oxygen atoms in total. The number of guanidine groups is 1. The average molecular weight is 412 g/mol. The van der Waals surface area contributed by atoms with Gasteiger partial charge in [0.15, 0.2) is 5.96 Å². The van der Waals surface area contributed by atoms with E-state index in [2.05, 4.69) is 23.6 Å². The summed E-state index contributed by atoms with van der Waals surface area (Å²) in [6.45, 7) is 5.56. The number of nitrogens with zero attached hydrogens (tertiary/aromatic N) is 1. The van der Waals surface area contributed by atoms with Crippen LogP contribution in [0.25, 0.3) is 0 Å². The highest BCUT2D eigenvalue weighted by Gasteiger charge is 2.34. The van der Waals surface area contributed by atoms with Crippen LogP contribution in [-0.4, -0.2) is 44.9 Å². The Morgan fingerprint density at radius 3 is 2.60 bits per heavy atom. The molecule has 1 unspecified atom stereocenters. The van der Waals surface area contributed by atoms with Gasteiger partial charge in [-0.2, -0.15) is 0 Å². The fraction of sp³-hybridized carbons (Fsp3) is 0.458. The van der Waals surface area contributed by atoms with E-state index < -0.39 is 0 Å². The second-order valence-corrected chi connectivity index (χ2v) is 8.03. The zero-order valence-corrected chi connectivity index (χ0v) is 17.5. The molecule has 0 amide bonds. The third kappa shape index (κ3) is 4.75. The van der Waals surface area contributed by atoms with E-state index >= 15 is 0 Å². The lowest BCUT2D eigenvalue weighted by Gasteiger charge is -2.36. The highest BCUT2D eigenvalue weighted by molar-refractivity contribution is 5.79. The van der Waals surface area contributed by atoms with Crippen molar-refractivity contribution in [1.82, 2.24) is 10.6 Å². The lowest BCUT2D eigenvalue weighted by atomic mass is 9.74. The maximum Gasteiger partial charge on any atom is 0.191 e. The van der Waals surface area contributed by atoms with Gasteiger partial charge in [0.25, 0.3) is 0 Å². The summed E-state index contributed by atoms with van der Waals surface area (Å²) in [5.41, 5.74) is 2.25. The third-order valence-electron chi connectivity index (χ3n) is 6.00. The molecule has 2 aromatic carbocycles. The first-order valence-electron chi connectivity index (χ1n) is 10.8. The summed E-state index contributed by atoms with van der Waals surface area (Å²) in [5, 5.41) is 6.77.